The van der Waals surface area contributed by atoms with Crippen molar-refractivity contribution in [2.45, 2.75) is 39.7 Å². The second-order valence-corrected chi connectivity index (χ2v) is 6.78. The second kappa shape index (κ2) is 7.60. The number of hydrogen-bond donors (Lipinski definition) is 2. The maximum absolute atomic E-state index is 12.4. The van der Waals surface area contributed by atoms with Crippen molar-refractivity contribution < 1.29 is 9.59 Å². The summed E-state index contributed by atoms with van der Waals surface area (Å²) in [5, 5.41) is 5.82. The molecule has 3 amide bonds. The molecule has 2 N–H and O–H groups in total. The molecule has 2 aromatic rings. The lowest BCUT2D eigenvalue weighted by molar-refractivity contribution is -0.117. The average molecular weight is 351 g/mol. The number of urea groups is 1. The third-order valence-electron chi connectivity index (χ3n) is 4.91. The quantitative estimate of drug-likeness (QED) is 0.880. The Hall–Kier alpha value is -2.82. The average Bonchev–Trinajstić information content (AvgIpc) is 2.98. The normalized spacial score (nSPS) is 16.7. The largest absolute Gasteiger partial charge is 0.333 e. The standard InChI is InChI=1S/C21H25N3O2/c1-4-16-7-5-6-8-19(16)23-21(26)22-17-12-20(25)24(13-17)18-10-9-14(2)15(3)11-18/h5-11,17H,4,12-13H2,1-3H3,(H2,22,23,26). The van der Waals surface area contributed by atoms with E-state index in [1.807, 2.05) is 56.3 Å². The fourth-order valence-corrected chi connectivity index (χ4v) is 3.24. The maximum atomic E-state index is 12.4. The summed E-state index contributed by atoms with van der Waals surface area (Å²) in [5.74, 6) is 0.0347. The van der Waals surface area contributed by atoms with Crippen molar-refractivity contribution in [3.05, 3.63) is 59.2 Å². The van der Waals surface area contributed by atoms with Crippen molar-refractivity contribution in [2.75, 3.05) is 16.8 Å². The molecule has 1 aliphatic heterocycles. The number of carbonyl (C=O) groups excluding carboxylic acids is 2. The smallest absolute Gasteiger partial charge is 0.319 e. The number of aryl methyl sites for hydroxylation is 3. The summed E-state index contributed by atoms with van der Waals surface area (Å²) in [7, 11) is 0. The van der Waals surface area contributed by atoms with Crippen LogP contribution in [0.1, 0.15) is 30.0 Å². The highest BCUT2D eigenvalue weighted by atomic mass is 16.2. The van der Waals surface area contributed by atoms with Crippen LogP contribution >= 0.6 is 0 Å². The van der Waals surface area contributed by atoms with Gasteiger partial charge in [0.1, 0.15) is 0 Å². The number of hydrogen-bond acceptors (Lipinski definition) is 2. The summed E-state index contributed by atoms with van der Waals surface area (Å²) in [6.07, 6.45) is 1.16. The van der Waals surface area contributed by atoms with E-state index in [1.54, 1.807) is 4.90 Å². The van der Waals surface area contributed by atoms with Gasteiger partial charge in [-0.2, -0.15) is 0 Å². The molecule has 0 aliphatic carbocycles. The molecule has 1 unspecified atom stereocenters. The van der Waals surface area contributed by atoms with E-state index in [4.69, 9.17) is 0 Å². The molecule has 0 spiro atoms. The van der Waals surface area contributed by atoms with E-state index >= 15 is 0 Å². The first-order valence-electron chi connectivity index (χ1n) is 9.01. The van der Waals surface area contributed by atoms with E-state index in [0.717, 1.165) is 28.9 Å². The van der Waals surface area contributed by atoms with E-state index in [2.05, 4.69) is 17.6 Å². The maximum Gasteiger partial charge on any atom is 0.319 e. The van der Waals surface area contributed by atoms with Gasteiger partial charge in [0.05, 0.1) is 6.04 Å². The molecule has 1 fully saturated rings. The molecule has 26 heavy (non-hydrogen) atoms. The molecule has 136 valence electrons. The summed E-state index contributed by atoms with van der Waals surface area (Å²) < 4.78 is 0. The number of carbonyl (C=O) groups is 2. The highest BCUT2D eigenvalue weighted by Crippen LogP contribution is 2.24. The second-order valence-electron chi connectivity index (χ2n) is 6.78. The Bertz CT molecular complexity index is 832. The van der Waals surface area contributed by atoms with Crippen LogP contribution in [-0.2, 0) is 11.2 Å². The third-order valence-corrected chi connectivity index (χ3v) is 4.91. The molecule has 1 saturated heterocycles. The Labute approximate surface area is 154 Å². The Morgan fingerprint density at radius 2 is 1.92 bits per heavy atom. The van der Waals surface area contributed by atoms with Gasteiger partial charge in [0.15, 0.2) is 0 Å². The lowest BCUT2D eigenvalue weighted by Crippen LogP contribution is -2.39. The monoisotopic (exact) mass is 351 g/mol. The molecular weight excluding hydrogens is 326 g/mol. The van der Waals surface area contributed by atoms with Crippen LogP contribution in [0.2, 0.25) is 0 Å². The summed E-state index contributed by atoms with van der Waals surface area (Å²) in [4.78, 5) is 26.5. The topological polar surface area (TPSA) is 61.4 Å². The van der Waals surface area contributed by atoms with Crippen LogP contribution in [0.3, 0.4) is 0 Å². The van der Waals surface area contributed by atoms with Crippen LogP contribution in [0.5, 0.6) is 0 Å². The van der Waals surface area contributed by atoms with Crippen molar-refractivity contribution in [1.29, 1.82) is 0 Å². The van der Waals surface area contributed by atoms with Crippen molar-refractivity contribution in [1.82, 2.24) is 5.32 Å². The molecular formula is C21H25N3O2. The first-order valence-corrected chi connectivity index (χ1v) is 9.01. The molecule has 0 saturated carbocycles. The van der Waals surface area contributed by atoms with Crippen molar-refractivity contribution >= 4 is 23.3 Å². The van der Waals surface area contributed by atoms with Crippen LogP contribution < -0.4 is 15.5 Å². The molecule has 5 heteroatoms. The lowest BCUT2D eigenvalue weighted by atomic mass is 10.1. The zero-order chi connectivity index (χ0) is 18.7. The van der Waals surface area contributed by atoms with Crippen LogP contribution in [0.4, 0.5) is 16.2 Å². The van der Waals surface area contributed by atoms with Gasteiger partial charge in [0.25, 0.3) is 0 Å². The zero-order valence-electron chi connectivity index (χ0n) is 15.5. The Morgan fingerprint density at radius 3 is 2.65 bits per heavy atom. The van der Waals surface area contributed by atoms with Gasteiger partial charge in [0, 0.05) is 24.3 Å². The molecule has 0 radical (unpaired) electrons. The van der Waals surface area contributed by atoms with E-state index in [0.29, 0.717) is 13.0 Å². The highest BCUT2D eigenvalue weighted by molar-refractivity contribution is 5.97. The van der Waals surface area contributed by atoms with Crippen LogP contribution in [0, 0.1) is 13.8 Å². The van der Waals surface area contributed by atoms with Crippen LogP contribution in [0.15, 0.2) is 42.5 Å². The SMILES string of the molecule is CCc1ccccc1NC(=O)NC1CC(=O)N(c2ccc(C)c(C)c2)C1. The van der Waals surface area contributed by atoms with E-state index < -0.39 is 0 Å². The molecule has 3 rings (SSSR count). The number of nitrogens with one attached hydrogen (secondary N) is 2. The van der Waals surface area contributed by atoms with Crippen molar-refractivity contribution in [3.8, 4) is 0 Å². The van der Waals surface area contributed by atoms with Crippen molar-refractivity contribution in [3.63, 3.8) is 0 Å². The predicted octanol–water partition coefficient (Wildman–Crippen LogP) is 3.79. The lowest BCUT2D eigenvalue weighted by Gasteiger charge is -2.19. The van der Waals surface area contributed by atoms with E-state index in [1.165, 1.54) is 5.56 Å². The number of para-hydroxylation sites is 1. The minimum atomic E-state index is -0.273. The van der Waals surface area contributed by atoms with Gasteiger partial charge < -0.3 is 15.5 Å². The van der Waals surface area contributed by atoms with E-state index in [-0.39, 0.29) is 18.0 Å². The minimum Gasteiger partial charge on any atom is -0.333 e. The fourth-order valence-electron chi connectivity index (χ4n) is 3.24. The minimum absolute atomic E-state index is 0.0347. The van der Waals surface area contributed by atoms with Gasteiger partial charge in [-0.3, -0.25) is 4.79 Å². The summed E-state index contributed by atoms with van der Waals surface area (Å²) in [6.45, 7) is 6.63. The number of rotatable bonds is 4. The number of nitrogens with zero attached hydrogens (tertiary/aromatic N) is 1. The predicted molar refractivity (Wildman–Crippen MR) is 105 cm³/mol. The van der Waals surface area contributed by atoms with Gasteiger partial charge in [-0.25, -0.2) is 4.79 Å². The molecule has 1 heterocycles. The molecule has 0 bridgehead atoms. The van der Waals surface area contributed by atoms with Gasteiger partial charge in [0.2, 0.25) is 5.91 Å². The third kappa shape index (κ3) is 3.87. The molecule has 5 nitrogen and oxygen atoms in total. The Kier molecular flexibility index (Phi) is 5.26. The highest BCUT2D eigenvalue weighted by Gasteiger charge is 2.31. The van der Waals surface area contributed by atoms with Gasteiger partial charge in [-0.05, 0) is 55.2 Å². The van der Waals surface area contributed by atoms with Crippen LogP contribution in [-0.4, -0.2) is 24.5 Å². The van der Waals surface area contributed by atoms with Gasteiger partial charge in [-0.15, -0.1) is 0 Å². The number of benzene rings is 2. The number of anilines is 2. The fraction of sp³-hybridized carbons (Fsp3) is 0.333. The zero-order valence-corrected chi connectivity index (χ0v) is 15.5. The van der Waals surface area contributed by atoms with Gasteiger partial charge in [-0.1, -0.05) is 31.2 Å². The summed E-state index contributed by atoms with van der Waals surface area (Å²) in [6, 6.07) is 13.3. The Morgan fingerprint density at radius 1 is 1.15 bits per heavy atom. The molecule has 2 aromatic carbocycles. The molecule has 1 aliphatic rings. The number of amides is 3. The Balaban J connectivity index is 1.63. The first-order chi connectivity index (χ1) is 12.5. The molecule has 0 aromatic heterocycles. The summed E-state index contributed by atoms with van der Waals surface area (Å²) in [5.41, 5.74) is 5.13. The van der Waals surface area contributed by atoms with Crippen LogP contribution in [0.25, 0.3) is 0 Å². The van der Waals surface area contributed by atoms with Gasteiger partial charge >= 0.3 is 6.03 Å². The van der Waals surface area contributed by atoms with Crippen molar-refractivity contribution in [2.24, 2.45) is 0 Å². The van der Waals surface area contributed by atoms with E-state index in [9.17, 15) is 9.59 Å². The summed E-state index contributed by atoms with van der Waals surface area (Å²) >= 11 is 0. The first kappa shape index (κ1) is 18.0. The molecule has 1 atom stereocenters.